The maximum atomic E-state index is 11.9. The maximum absolute atomic E-state index is 11.9. The van der Waals surface area contributed by atoms with Crippen LogP contribution in [0.5, 0.6) is 11.5 Å². The Bertz CT molecular complexity index is 746. The van der Waals surface area contributed by atoms with Gasteiger partial charge in [-0.2, -0.15) is 0 Å². The van der Waals surface area contributed by atoms with Gasteiger partial charge in [0.2, 0.25) is 11.1 Å². The maximum Gasteiger partial charge on any atom is 0.230 e. The first-order valence-electron chi connectivity index (χ1n) is 8.63. The molecule has 3 N–H and O–H groups in total. The Morgan fingerprint density at radius 3 is 2.85 bits per heavy atom. The first-order chi connectivity index (χ1) is 13.2. The molecule has 0 unspecified atom stereocenters. The molecule has 2 aromatic rings. The molecule has 2 heterocycles. The van der Waals surface area contributed by atoms with Crippen LogP contribution in [0.4, 0.5) is 0 Å². The van der Waals surface area contributed by atoms with Gasteiger partial charge in [0.05, 0.1) is 19.0 Å². The van der Waals surface area contributed by atoms with Gasteiger partial charge in [0, 0.05) is 13.2 Å². The number of nitrogens with one attached hydrogen (secondary N) is 1. The number of thioether (sulfide) groups is 1. The Hall–Kier alpha value is -2.46. The highest BCUT2D eigenvalue weighted by Crippen LogP contribution is 2.19. The zero-order valence-electron chi connectivity index (χ0n) is 15.1. The quantitative estimate of drug-likeness (QED) is 0.478. The molecule has 27 heavy (non-hydrogen) atoms. The van der Waals surface area contributed by atoms with Gasteiger partial charge in [0.1, 0.15) is 18.1 Å². The van der Waals surface area contributed by atoms with Crippen molar-refractivity contribution in [1.29, 1.82) is 0 Å². The number of hydrogen-bond donors (Lipinski definition) is 2. The van der Waals surface area contributed by atoms with Crippen LogP contribution in [-0.4, -0.2) is 52.9 Å². The number of nitrogens with two attached hydrogens (primary N) is 1. The van der Waals surface area contributed by atoms with Crippen LogP contribution in [0.15, 0.2) is 29.4 Å². The van der Waals surface area contributed by atoms with E-state index in [4.69, 9.17) is 20.1 Å². The van der Waals surface area contributed by atoms with Crippen LogP contribution in [-0.2, 0) is 16.1 Å². The molecule has 0 radical (unpaired) electrons. The molecular formula is C17H23N5O4S. The second-order valence-electron chi connectivity index (χ2n) is 5.96. The lowest BCUT2D eigenvalue weighted by atomic mass is 10.2. The molecule has 10 heteroatoms. The number of nitrogens with zero attached hydrogens (tertiary/aromatic N) is 3. The molecule has 0 aliphatic carbocycles. The molecule has 1 saturated heterocycles. The van der Waals surface area contributed by atoms with E-state index in [1.165, 1.54) is 16.4 Å². The molecule has 1 aliphatic rings. The van der Waals surface area contributed by atoms with Gasteiger partial charge in [-0.25, -0.2) is 4.68 Å². The predicted molar refractivity (Wildman–Crippen MR) is 100 cm³/mol. The first kappa shape index (κ1) is 19.3. The van der Waals surface area contributed by atoms with Crippen LogP contribution >= 0.6 is 11.8 Å². The van der Waals surface area contributed by atoms with E-state index in [-0.39, 0.29) is 24.4 Å². The smallest absolute Gasteiger partial charge is 0.230 e. The number of aromatic nitrogens is 3. The molecule has 1 aliphatic heterocycles. The minimum atomic E-state index is -0.0884. The summed E-state index contributed by atoms with van der Waals surface area (Å²) in [5, 5.41) is 11.3. The molecule has 1 aromatic carbocycles. The number of carbonyl (C=O) groups excluding carboxylic acids is 1. The summed E-state index contributed by atoms with van der Waals surface area (Å²) in [7, 11) is 1.61. The average molecular weight is 393 g/mol. The highest BCUT2D eigenvalue weighted by Gasteiger charge is 2.17. The largest absolute Gasteiger partial charge is 0.497 e. The van der Waals surface area contributed by atoms with Crippen LogP contribution in [0.2, 0.25) is 0 Å². The second-order valence-corrected chi connectivity index (χ2v) is 6.90. The summed E-state index contributed by atoms with van der Waals surface area (Å²) in [4.78, 5) is 11.9. The molecule has 0 saturated carbocycles. The van der Waals surface area contributed by atoms with Gasteiger partial charge < -0.3 is 25.4 Å². The lowest BCUT2D eigenvalue weighted by Gasteiger charge is -2.10. The molecule has 1 atom stereocenters. The molecule has 1 amide bonds. The zero-order valence-corrected chi connectivity index (χ0v) is 15.9. The Morgan fingerprint density at radius 2 is 2.15 bits per heavy atom. The molecule has 1 fully saturated rings. The van der Waals surface area contributed by atoms with Gasteiger partial charge >= 0.3 is 0 Å². The minimum absolute atomic E-state index is 0.0884. The van der Waals surface area contributed by atoms with Gasteiger partial charge in [-0.15, -0.1) is 10.2 Å². The zero-order chi connectivity index (χ0) is 19.1. The average Bonchev–Trinajstić information content (AvgIpc) is 3.33. The Labute approximate surface area is 161 Å². The van der Waals surface area contributed by atoms with E-state index in [1.807, 2.05) is 0 Å². The number of hydrogen-bond acceptors (Lipinski definition) is 8. The number of nitrogen functional groups attached to an aromatic ring is 1. The number of benzene rings is 1. The molecule has 1 aromatic heterocycles. The van der Waals surface area contributed by atoms with E-state index >= 15 is 0 Å². The standard InChI is InChI=1S/C17H23N5O4S/c1-24-12-4-6-13(7-5-12)26-10-15-20-21-17(22(15)18)27-11-16(23)19-9-14-3-2-8-25-14/h4-7,14H,2-3,8-11,18H2,1H3,(H,19,23)/t14-/m0/s1. The van der Waals surface area contributed by atoms with E-state index in [9.17, 15) is 4.79 Å². The monoisotopic (exact) mass is 393 g/mol. The van der Waals surface area contributed by atoms with Crippen molar-refractivity contribution in [3.05, 3.63) is 30.1 Å². The summed E-state index contributed by atoms with van der Waals surface area (Å²) >= 11 is 1.22. The number of carbonyl (C=O) groups is 1. The molecule has 3 rings (SSSR count). The van der Waals surface area contributed by atoms with E-state index in [1.54, 1.807) is 31.4 Å². The van der Waals surface area contributed by atoms with E-state index < -0.39 is 0 Å². The third-order valence-corrected chi connectivity index (χ3v) is 4.99. The summed E-state index contributed by atoms with van der Waals surface area (Å²) in [5.74, 6) is 8.00. The molecule has 0 bridgehead atoms. The van der Waals surface area contributed by atoms with Crippen LogP contribution in [0.3, 0.4) is 0 Å². The highest BCUT2D eigenvalue weighted by molar-refractivity contribution is 7.99. The minimum Gasteiger partial charge on any atom is -0.497 e. The summed E-state index contributed by atoms with van der Waals surface area (Å²) in [6, 6.07) is 7.20. The van der Waals surface area contributed by atoms with Crippen molar-refractivity contribution in [2.75, 3.05) is 31.9 Å². The van der Waals surface area contributed by atoms with E-state index in [0.717, 1.165) is 25.2 Å². The van der Waals surface area contributed by atoms with E-state index in [2.05, 4.69) is 15.5 Å². The summed E-state index contributed by atoms with van der Waals surface area (Å²) in [6.07, 6.45) is 2.16. The van der Waals surface area contributed by atoms with Gasteiger partial charge in [-0.1, -0.05) is 11.8 Å². The van der Waals surface area contributed by atoms with Crippen LogP contribution in [0, 0.1) is 0 Å². The SMILES string of the molecule is COc1ccc(OCc2nnc(SCC(=O)NC[C@@H]3CCCO3)n2N)cc1. The predicted octanol–water partition coefficient (Wildman–Crippen LogP) is 0.967. The Kier molecular flexibility index (Phi) is 6.77. The van der Waals surface area contributed by atoms with Crippen molar-refractivity contribution < 1.29 is 19.0 Å². The number of amides is 1. The lowest BCUT2D eigenvalue weighted by Crippen LogP contribution is -2.33. The van der Waals surface area contributed by atoms with Crippen molar-refractivity contribution in [1.82, 2.24) is 20.2 Å². The van der Waals surface area contributed by atoms with Gasteiger partial charge in [0.25, 0.3) is 0 Å². The topological polar surface area (TPSA) is 114 Å². The number of rotatable bonds is 9. The molecule has 9 nitrogen and oxygen atoms in total. The van der Waals surface area contributed by atoms with Gasteiger partial charge in [-0.05, 0) is 37.1 Å². The fraction of sp³-hybridized carbons (Fsp3) is 0.471. The normalized spacial score (nSPS) is 16.3. The Morgan fingerprint density at radius 1 is 1.37 bits per heavy atom. The third kappa shape index (κ3) is 5.51. The van der Waals surface area contributed by atoms with E-state index in [0.29, 0.717) is 23.3 Å². The molecule has 146 valence electrons. The fourth-order valence-corrected chi connectivity index (χ4v) is 3.24. The number of methoxy groups -OCH3 is 1. The molecule has 0 spiro atoms. The Balaban J connectivity index is 1.43. The first-order valence-corrected chi connectivity index (χ1v) is 9.61. The molecular weight excluding hydrogens is 370 g/mol. The van der Waals surface area contributed by atoms with Gasteiger partial charge in [-0.3, -0.25) is 4.79 Å². The van der Waals surface area contributed by atoms with Crippen LogP contribution < -0.4 is 20.6 Å². The number of ether oxygens (including phenoxy) is 3. The van der Waals surface area contributed by atoms with Crippen molar-refractivity contribution in [2.45, 2.75) is 30.7 Å². The highest BCUT2D eigenvalue weighted by atomic mass is 32.2. The van der Waals surface area contributed by atoms with Crippen molar-refractivity contribution in [2.24, 2.45) is 0 Å². The third-order valence-electron chi connectivity index (χ3n) is 4.05. The van der Waals surface area contributed by atoms with Crippen LogP contribution in [0.1, 0.15) is 18.7 Å². The summed E-state index contributed by atoms with van der Waals surface area (Å²) in [6.45, 7) is 1.48. The van der Waals surface area contributed by atoms with Crippen LogP contribution in [0.25, 0.3) is 0 Å². The second kappa shape index (κ2) is 9.47. The lowest BCUT2D eigenvalue weighted by molar-refractivity contribution is -0.119. The summed E-state index contributed by atoms with van der Waals surface area (Å²) in [5.41, 5.74) is 0. The summed E-state index contributed by atoms with van der Waals surface area (Å²) < 4.78 is 17.6. The van der Waals surface area contributed by atoms with Crippen molar-refractivity contribution >= 4 is 17.7 Å². The van der Waals surface area contributed by atoms with Gasteiger partial charge in [0.15, 0.2) is 5.82 Å². The fourth-order valence-electron chi connectivity index (χ4n) is 2.54. The van der Waals surface area contributed by atoms with Crippen molar-refractivity contribution in [3.63, 3.8) is 0 Å². The van der Waals surface area contributed by atoms with Crippen molar-refractivity contribution in [3.8, 4) is 11.5 Å².